The molecule has 13 heavy (non-hydrogen) atoms. The summed E-state index contributed by atoms with van der Waals surface area (Å²) >= 11 is 0. The predicted molar refractivity (Wildman–Crippen MR) is 58.7 cm³/mol. The van der Waals surface area contributed by atoms with Crippen molar-refractivity contribution in [3.8, 4) is 0 Å². The van der Waals surface area contributed by atoms with Gasteiger partial charge in [0, 0.05) is 0 Å². The van der Waals surface area contributed by atoms with Gasteiger partial charge in [-0.25, -0.2) is 0 Å². The molecule has 0 saturated carbocycles. The average molecular weight is 182 g/mol. The third-order valence-electron chi connectivity index (χ3n) is 2.10. The summed E-state index contributed by atoms with van der Waals surface area (Å²) in [5, 5.41) is 9.02. The molecule has 0 unspecified atom stereocenters. The lowest BCUT2D eigenvalue weighted by Crippen LogP contribution is -1.90. The zero-order valence-corrected chi connectivity index (χ0v) is 8.76. The number of allylic oxidation sites excluding steroid dienone is 2. The highest BCUT2D eigenvalue weighted by Gasteiger charge is 1.93. The second kappa shape index (κ2) is 9.53. The van der Waals surface area contributed by atoms with Crippen LogP contribution >= 0.6 is 0 Å². The molecule has 1 nitrogen and oxygen atoms in total. The van der Waals surface area contributed by atoms with Crippen molar-refractivity contribution in [1.29, 1.82) is 0 Å². The summed E-state index contributed by atoms with van der Waals surface area (Å²) in [5.74, 6) is 0. The number of hydrogen-bond acceptors (Lipinski definition) is 1. The van der Waals surface area contributed by atoms with E-state index in [9.17, 15) is 0 Å². The number of rotatable bonds is 8. The van der Waals surface area contributed by atoms with Gasteiger partial charge in [0.1, 0.15) is 0 Å². The van der Waals surface area contributed by atoms with Gasteiger partial charge >= 0.3 is 0 Å². The van der Waals surface area contributed by atoms with Crippen molar-refractivity contribution < 1.29 is 5.11 Å². The number of aliphatic hydroxyl groups is 1. The molecule has 0 aliphatic rings. The summed E-state index contributed by atoms with van der Waals surface area (Å²) in [6.07, 6.45) is 10.9. The number of aliphatic hydroxyl groups excluding tert-OH is 1. The van der Waals surface area contributed by atoms with Crippen molar-refractivity contribution in [2.45, 2.75) is 45.4 Å². The first-order chi connectivity index (χ1) is 6.35. The summed E-state index contributed by atoms with van der Waals surface area (Å²) in [6.45, 7) is 6.08. The molecular formula is C12H22O. The van der Waals surface area contributed by atoms with Crippen molar-refractivity contribution >= 4 is 0 Å². The van der Waals surface area contributed by atoms with Gasteiger partial charge in [0.25, 0.3) is 0 Å². The van der Waals surface area contributed by atoms with Crippen molar-refractivity contribution in [2.24, 2.45) is 0 Å². The summed E-state index contributed by atoms with van der Waals surface area (Å²) in [5.41, 5.74) is 1.20. The van der Waals surface area contributed by atoms with Crippen LogP contribution < -0.4 is 0 Å². The van der Waals surface area contributed by atoms with Crippen LogP contribution in [-0.4, -0.2) is 11.7 Å². The average Bonchev–Trinajstić information content (AvgIpc) is 2.17. The van der Waals surface area contributed by atoms with Crippen molar-refractivity contribution in [1.82, 2.24) is 0 Å². The predicted octanol–water partition coefficient (Wildman–Crippen LogP) is 3.45. The molecule has 0 fully saturated rings. The van der Waals surface area contributed by atoms with Gasteiger partial charge < -0.3 is 5.11 Å². The Balaban J connectivity index is 3.58. The minimum Gasteiger partial charge on any atom is -0.392 e. The van der Waals surface area contributed by atoms with E-state index in [2.05, 4.69) is 19.6 Å². The fourth-order valence-corrected chi connectivity index (χ4v) is 1.22. The molecule has 0 spiro atoms. The third-order valence-corrected chi connectivity index (χ3v) is 2.10. The highest BCUT2D eigenvalue weighted by Crippen LogP contribution is 2.09. The number of hydrogen-bond donors (Lipinski definition) is 1. The first kappa shape index (κ1) is 12.4. The van der Waals surface area contributed by atoms with Crippen molar-refractivity contribution in [3.63, 3.8) is 0 Å². The van der Waals surface area contributed by atoms with E-state index in [1.165, 1.54) is 18.4 Å². The minimum atomic E-state index is 0.230. The summed E-state index contributed by atoms with van der Waals surface area (Å²) in [7, 11) is 0. The first-order valence-electron chi connectivity index (χ1n) is 5.24. The Morgan fingerprint density at radius 1 is 1.31 bits per heavy atom. The highest BCUT2D eigenvalue weighted by molar-refractivity contribution is 5.01. The van der Waals surface area contributed by atoms with Gasteiger partial charge in [0.15, 0.2) is 0 Å². The Morgan fingerprint density at radius 3 is 2.62 bits per heavy atom. The highest BCUT2D eigenvalue weighted by atomic mass is 16.3. The Hall–Kier alpha value is -0.560. The van der Waals surface area contributed by atoms with Gasteiger partial charge in [0.05, 0.1) is 6.61 Å². The molecule has 1 heteroatoms. The SMILES string of the molecule is C=CCCCC=C(CO)CCCC. The lowest BCUT2D eigenvalue weighted by Gasteiger charge is -2.02. The molecule has 0 bridgehead atoms. The molecule has 0 aliphatic carbocycles. The van der Waals surface area contributed by atoms with Gasteiger partial charge in [-0.05, 0) is 37.7 Å². The monoisotopic (exact) mass is 182 g/mol. The first-order valence-corrected chi connectivity index (χ1v) is 5.24. The van der Waals surface area contributed by atoms with E-state index in [0.717, 1.165) is 25.7 Å². The molecule has 0 radical (unpaired) electrons. The van der Waals surface area contributed by atoms with Gasteiger partial charge in [-0.1, -0.05) is 25.5 Å². The summed E-state index contributed by atoms with van der Waals surface area (Å²) in [6, 6.07) is 0. The molecule has 0 atom stereocenters. The van der Waals surface area contributed by atoms with Crippen LogP contribution in [0.15, 0.2) is 24.3 Å². The van der Waals surface area contributed by atoms with Crippen LogP contribution in [0.25, 0.3) is 0 Å². The molecule has 0 rings (SSSR count). The Morgan fingerprint density at radius 2 is 2.08 bits per heavy atom. The molecule has 0 amide bonds. The molecule has 0 saturated heterocycles. The largest absolute Gasteiger partial charge is 0.392 e. The second-order valence-corrected chi connectivity index (χ2v) is 3.34. The van der Waals surface area contributed by atoms with Crippen LogP contribution in [0, 0.1) is 0 Å². The van der Waals surface area contributed by atoms with Crippen molar-refractivity contribution in [2.75, 3.05) is 6.61 Å². The molecule has 0 heterocycles. The lowest BCUT2D eigenvalue weighted by atomic mass is 10.1. The normalized spacial score (nSPS) is 11.7. The van der Waals surface area contributed by atoms with Crippen LogP contribution in [0.1, 0.15) is 45.4 Å². The van der Waals surface area contributed by atoms with E-state index >= 15 is 0 Å². The van der Waals surface area contributed by atoms with Gasteiger partial charge in [-0.3, -0.25) is 0 Å². The van der Waals surface area contributed by atoms with Crippen LogP contribution in [0.3, 0.4) is 0 Å². The van der Waals surface area contributed by atoms with E-state index < -0.39 is 0 Å². The van der Waals surface area contributed by atoms with Gasteiger partial charge in [0.2, 0.25) is 0 Å². The molecule has 0 aromatic heterocycles. The summed E-state index contributed by atoms with van der Waals surface area (Å²) < 4.78 is 0. The third kappa shape index (κ3) is 7.79. The smallest absolute Gasteiger partial charge is 0.0641 e. The van der Waals surface area contributed by atoms with E-state index in [1.807, 2.05) is 6.08 Å². The zero-order valence-electron chi connectivity index (χ0n) is 8.76. The maximum atomic E-state index is 9.02. The second-order valence-electron chi connectivity index (χ2n) is 3.34. The van der Waals surface area contributed by atoms with E-state index in [1.54, 1.807) is 0 Å². The van der Waals surface area contributed by atoms with Crippen molar-refractivity contribution in [3.05, 3.63) is 24.3 Å². The zero-order chi connectivity index (χ0) is 9.94. The fourth-order valence-electron chi connectivity index (χ4n) is 1.22. The maximum absolute atomic E-state index is 9.02. The standard InChI is InChI=1S/C12H22O/c1-3-5-7-8-10-12(11-13)9-6-4-2/h3,10,13H,1,4-9,11H2,2H3. The summed E-state index contributed by atoms with van der Waals surface area (Å²) in [4.78, 5) is 0. The molecular weight excluding hydrogens is 160 g/mol. The lowest BCUT2D eigenvalue weighted by molar-refractivity contribution is 0.325. The molecule has 0 aromatic rings. The Bertz CT molecular complexity index is 147. The van der Waals surface area contributed by atoms with Gasteiger partial charge in [-0.15, -0.1) is 6.58 Å². The maximum Gasteiger partial charge on any atom is 0.0641 e. The Labute approximate surface area is 82.2 Å². The van der Waals surface area contributed by atoms with E-state index in [4.69, 9.17) is 5.11 Å². The quantitative estimate of drug-likeness (QED) is 0.450. The fraction of sp³-hybridized carbons (Fsp3) is 0.667. The van der Waals surface area contributed by atoms with Crippen LogP contribution in [0.4, 0.5) is 0 Å². The molecule has 0 aromatic carbocycles. The molecule has 76 valence electrons. The van der Waals surface area contributed by atoms with E-state index in [-0.39, 0.29) is 6.61 Å². The van der Waals surface area contributed by atoms with E-state index in [0.29, 0.717) is 0 Å². The van der Waals surface area contributed by atoms with Crippen LogP contribution in [0.2, 0.25) is 0 Å². The molecule has 1 N–H and O–H groups in total. The minimum absolute atomic E-state index is 0.230. The van der Waals surface area contributed by atoms with Crippen LogP contribution in [0.5, 0.6) is 0 Å². The topological polar surface area (TPSA) is 20.2 Å². The van der Waals surface area contributed by atoms with Crippen LogP contribution in [-0.2, 0) is 0 Å². The Kier molecular flexibility index (Phi) is 9.12. The van der Waals surface area contributed by atoms with Gasteiger partial charge in [-0.2, -0.15) is 0 Å². The number of unbranched alkanes of at least 4 members (excludes halogenated alkanes) is 3. The molecule has 0 aliphatic heterocycles.